The molecule has 0 aliphatic carbocycles. The van der Waals surface area contributed by atoms with E-state index in [1.54, 1.807) is 11.0 Å². The van der Waals surface area contributed by atoms with Gasteiger partial charge in [-0.3, -0.25) is 4.79 Å². The molecular formula is C13H17ClN2O4S2. The third-order valence-corrected chi connectivity index (χ3v) is 7.50. The molecule has 0 radical (unpaired) electrons. The second-order valence-electron chi connectivity index (χ2n) is 5.29. The van der Waals surface area contributed by atoms with E-state index < -0.39 is 10.0 Å². The van der Waals surface area contributed by atoms with Crippen LogP contribution in [0.2, 0.25) is 4.34 Å². The molecule has 1 amide bonds. The summed E-state index contributed by atoms with van der Waals surface area (Å²) in [5.41, 5.74) is 0. The van der Waals surface area contributed by atoms with Crippen molar-refractivity contribution in [1.82, 2.24) is 9.21 Å². The Morgan fingerprint density at radius 1 is 1.27 bits per heavy atom. The number of sulfonamides is 1. The Kier molecular flexibility index (Phi) is 4.75. The summed E-state index contributed by atoms with van der Waals surface area (Å²) < 4.78 is 32.5. The van der Waals surface area contributed by atoms with Gasteiger partial charge >= 0.3 is 0 Å². The van der Waals surface area contributed by atoms with Crippen LogP contribution in [0.5, 0.6) is 0 Å². The molecule has 0 spiro atoms. The Bertz CT molecular complexity index is 647. The van der Waals surface area contributed by atoms with Crippen LogP contribution in [-0.4, -0.2) is 62.4 Å². The third-order valence-electron chi connectivity index (χ3n) is 3.90. The van der Waals surface area contributed by atoms with Crippen molar-refractivity contribution < 1.29 is 17.9 Å². The molecule has 0 N–H and O–H groups in total. The van der Waals surface area contributed by atoms with E-state index >= 15 is 0 Å². The van der Waals surface area contributed by atoms with Crippen molar-refractivity contribution in [2.45, 2.75) is 23.2 Å². The highest BCUT2D eigenvalue weighted by atomic mass is 35.5. The van der Waals surface area contributed by atoms with E-state index in [0.717, 1.165) is 24.2 Å². The van der Waals surface area contributed by atoms with E-state index in [1.807, 2.05) is 0 Å². The van der Waals surface area contributed by atoms with Gasteiger partial charge in [0, 0.05) is 32.8 Å². The number of ether oxygens (including phenoxy) is 1. The molecule has 2 aliphatic rings. The van der Waals surface area contributed by atoms with Crippen molar-refractivity contribution in [1.29, 1.82) is 0 Å². The van der Waals surface area contributed by atoms with Crippen LogP contribution in [0.1, 0.15) is 12.8 Å². The number of piperazine rings is 1. The maximum Gasteiger partial charge on any atom is 0.252 e. The molecule has 122 valence electrons. The molecule has 0 bridgehead atoms. The van der Waals surface area contributed by atoms with Crippen LogP contribution in [-0.2, 0) is 19.6 Å². The first-order chi connectivity index (χ1) is 10.5. The normalized spacial score (nSPS) is 23.9. The van der Waals surface area contributed by atoms with E-state index in [1.165, 1.54) is 10.4 Å². The van der Waals surface area contributed by atoms with Crippen molar-refractivity contribution in [3.05, 3.63) is 16.5 Å². The number of halogens is 1. The molecule has 3 heterocycles. The van der Waals surface area contributed by atoms with Crippen LogP contribution >= 0.6 is 22.9 Å². The molecule has 2 fully saturated rings. The maximum absolute atomic E-state index is 12.5. The lowest BCUT2D eigenvalue weighted by Crippen LogP contribution is -2.52. The zero-order chi connectivity index (χ0) is 15.7. The molecule has 1 aromatic heterocycles. The van der Waals surface area contributed by atoms with E-state index in [-0.39, 0.29) is 16.2 Å². The number of rotatable bonds is 3. The highest BCUT2D eigenvalue weighted by Gasteiger charge is 2.34. The van der Waals surface area contributed by atoms with Crippen LogP contribution in [0, 0.1) is 0 Å². The minimum absolute atomic E-state index is 0.0197. The molecule has 0 aromatic carbocycles. The van der Waals surface area contributed by atoms with Crippen molar-refractivity contribution in [3.8, 4) is 0 Å². The monoisotopic (exact) mass is 364 g/mol. The summed E-state index contributed by atoms with van der Waals surface area (Å²) >= 11 is 6.86. The Labute approximate surface area is 138 Å². The lowest BCUT2D eigenvalue weighted by atomic mass is 10.2. The summed E-state index contributed by atoms with van der Waals surface area (Å²) in [7, 11) is -3.51. The number of nitrogens with zero attached hydrogens (tertiary/aromatic N) is 2. The number of amides is 1. The van der Waals surface area contributed by atoms with Crippen LogP contribution in [0.25, 0.3) is 0 Å². The van der Waals surface area contributed by atoms with Crippen LogP contribution < -0.4 is 0 Å². The second-order valence-corrected chi connectivity index (χ2v) is 9.17. The lowest BCUT2D eigenvalue weighted by Gasteiger charge is -2.34. The van der Waals surface area contributed by atoms with Gasteiger partial charge in [0.05, 0.1) is 4.34 Å². The molecule has 1 atom stereocenters. The number of thiophene rings is 1. The number of carbonyl (C=O) groups is 1. The molecule has 3 rings (SSSR count). The van der Waals surface area contributed by atoms with Gasteiger partial charge in [0.25, 0.3) is 15.9 Å². The third kappa shape index (κ3) is 3.16. The molecular weight excluding hydrogens is 348 g/mol. The quantitative estimate of drug-likeness (QED) is 0.813. The Morgan fingerprint density at radius 2 is 2.00 bits per heavy atom. The van der Waals surface area contributed by atoms with E-state index in [2.05, 4.69) is 0 Å². The fraction of sp³-hybridized carbons (Fsp3) is 0.615. The standard InChI is InChI=1S/C13H17ClN2O4S2/c14-11-3-4-12(21-11)22(18,19)16-7-5-15(6-8-16)13(17)10-2-1-9-20-10/h3-4,10H,1-2,5-9H2. The summed E-state index contributed by atoms with van der Waals surface area (Å²) in [6.45, 7) is 2.03. The Hall–Kier alpha value is -0.670. The van der Waals surface area contributed by atoms with Crippen LogP contribution in [0.4, 0.5) is 0 Å². The molecule has 6 nitrogen and oxygen atoms in total. The topological polar surface area (TPSA) is 66.9 Å². The smallest absolute Gasteiger partial charge is 0.252 e. The van der Waals surface area contributed by atoms with Crippen molar-refractivity contribution in [3.63, 3.8) is 0 Å². The van der Waals surface area contributed by atoms with Gasteiger partial charge in [-0.15, -0.1) is 11.3 Å². The number of hydrogen-bond acceptors (Lipinski definition) is 5. The zero-order valence-corrected chi connectivity index (χ0v) is 14.3. The van der Waals surface area contributed by atoms with Crippen LogP contribution in [0.15, 0.2) is 16.3 Å². The van der Waals surface area contributed by atoms with Crippen molar-refractivity contribution in [2.75, 3.05) is 32.8 Å². The summed E-state index contributed by atoms with van der Waals surface area (Å²) in [6.07, 6.45) is 1.31. The van der Waals surface area contributed by atoms with E-state index in [4.69, 9.17) is 16.3 Å². The fourth-order valence-electron chi connectivity index (χ4n) is 2.69. The lowest BCUT2D eigenvalue weighted by molar-refractivity contribution is -0.142. The molecule has 2 aliphatic heterocycles. The minimum Gasteiger partial charge on any atom is -0.368 e. The summed E-state index contributed by atoms with van der Waals surface area (Å²) in [5.74, 6) is -0.0197. The highest BCUT2D eigenvalue weighted by Crippen LogP contribution is 2.28. The molecule has 22 heavy (non-hydrogen) atoms. The average molecular weight is 365 g/mol. The zero-order valence-electron chi connectivity index (χ0n) is 11.9. The highest BCUT2D eigenvalue weighted by molar-refractivity contribution is 7.91. The van der Waals surface area contributed by atoms with Gasteiger partial charge in [-0.1, -0.05) is 11.6 Å². The van der Waals surface area contributed by atoms with Gasteiger partial charge in [0.2, 0.25) is 0 Å². The SMILES string of the molecule is O=C(C1CCCO1)N1CCN(S(=O)(=O)c2ccc(Cl)s2)CC1. The molecule has 9 heteroatoms. The minimum atomic E-state index is -3.51. The molecule has 0 saturated carbocycles. The maximum atomic E-state index is 12.5. The van der Waals surface area contributed by atoms with E-state index in [9.17, 15) is 13.2 Å². The van der Waals surface area contributed by atoms with E-state index in [0.29, 0.717) is 37.1 Å². The molecule has 1 unspecified atom stereocenters. The Morgan fingerprint density at radius 3 is 2.55 bits per heavy atom. The van der Waals surface area contributed by atoms with Gasteiger partial charge in [-0.2, -0.15) is 4.31 Å². The van der Waals surface area contributed by atoms with Crippen molar-refractivity contribution in [2.24, 2.45) is 0 Å². The predicted molar refractivity (Wildman–Crippen MR) is 83.6 cm³/mol. The first-order valence-corrected chi connectivity index (χ1v) is 9.78. The second kappa shape index (κ2) is 6.45. The van der Waals surface area contributed by atoms with Crippen molar-refractivity contribution >= 4 is 38.9 Å². The van der Waals surface area contributed by atoms with Gasteiger partial charge in [-0.05, 0) is 25.0 Å². The van der Waals surface area contributed by atoms with Gasteiger partial charge in [0.1, 0.15) is 10.3 Å². The first kappa shape index (κ1) is 16.2. The van der Waals surface area contributed by atoms with Gasteiger partial charge in [0.15, 0.2) is 0 Å². The summed E-state index contributed by atoms with van der Waals surface area (Å²) in [5, 5.41) is 0. The summed E-state index contributed by atoms with van der Waals surface area (Å²) in [4.78, 5) is 13.9. The first-order valence-electron chi connectivity index (χ1n) is 7.14. The number of carbonyl (C=O) groups excluding carboxylic acids is 1. The molecule has 2 saturated heterocycles. The molecule has 1 aromatic rings. The van der Waals surface area contributed by atoms with Crippen LogP contribution in [0.3, 0.4) is 0 Å². The fourth-order valence-corrected chi connectivity index (χ4v) is 5.75. The Balaban J connectivity index is 1.63. The largest absolute Gasteiger partial charge is 0.368 e. The van der Waals surface area contributed by atoms with Gasteiger partial charge in [-0.25, -0.2) is 8.42 Å². The summed E-state index contributed by atoms with van der Waals surface area (Å²) in [6, 6.07) is 3.10. The van der Waals surface area contributed by atoms with Gasteiger partial charge < -0.3 is 9.64 Å². The average Bonchev–Trinajstić information content (AvgIpc) is 3.18. The number of hydrogen-bond donors (Lipinski definition) is 0. The predicted octanol–water partition coefficient (Wildman–Crippen LogP) is 1.41.